The molecular weight excluding hydrogens is 292 g/mol. The molecule has 1 heterocycles. The van der Waals surface area contributed by atoms with Crippen molar-refractivity contribution in [3.63, 3.8) is 0 Å². The number of nitrogens with one attached hydrogen (secondary N) is 2. The zero-order valence-corrected chi connectivity index (χ0v) is 13.8. The van der Waals surface area contributed by atoms with Gasteiger partial charge in [-0.05, 0) is 56.7 Å². The van der Waals surface area contributed by atoms with E-state index >= 15 is 0 Å². The van der Waals surface area contributed by atoms with Crippen molar-refractivity contribution in [3.8, 4) is 0 Å². The molecule has 0 aromatic heterocycles. The van der Waals surface area contributed by atoms with E-state index in [-0.39, 0.29) is 4.75 Å². The monoisotopic (exact) mass is 314 g/mol. The highest BCUT2D eigenvalue weighted by atomic mass is 32.2. The SMILES string of the molecule is CSC(C)(C)CNS(=O)(=O)c1ccc2c(c1)CCCN2. The fourth-order valence-electron chi connectivity index (χ4n) is 2.04. The fourth-order valence-corrected chi connectivity index (χ4v) is 3.61. The Balaban J connectivity index is 2.17. The van der Waals surface area contributed by atoms with Crippen LogP contribution in [0.2, 0.25) is 0 Å². The second kappa shape index (κ2) is 5.95. The molecule has 1 aliphatic rings. The van der Waals surface area contributed by atoms with Gasteiger partial charge in [-0.1, -0.05) is 0 Å². The van der Waals surface area contributed by atoms with E-state index in [9.17, 15) is 8.42 Å². The molecule has 0 aliphatic carbocycles. The summed E-state index contributed by atoms with van der Waals surface area (Å²) in [4.78, 5) is 0.358. The third kappa shape index (κ3) is 3.68. The number of anilines is 1. The number of fused-ring (bicyclic) bond motifs is 1. The minimum atomic E-state index is -3.43. The summed E-state index contributed by atoms with van der Waals surface area (Å²) >= 11 is 1.65. The van der Waals surface area contributed by atoms with Crippen molar-refractivity contribution >= 4 is 27.5 Å². The average Bonchev–Trinajstić information content (AvgIpc) is 2.45. The number of hydrogen-bond acceptors (Lipinski definition) is 4. The summed E-state index contributed by atoms with van der Waals surface area (Å²) in [6.45, 7) is 5.43. The topological polar surface area (TPSA) is 58.2 Å². The highest BCUT2D eigenvalue weighted by molar-refractivity contribution is 8.00. The van der Waals surface area contributed by atoms with Crippen LogP contribution in [0.3, 0.4) is 0 Å². The molecule has 0 radical (unpaired) electrons. The van der Waals surface area contributed by atoms with Gasteiger partial charge in [-0.25, -0.2) is 13.1 Å². The summed E-state index contributed by atoms with van der Waals surface area (Å²) < 4.78 is 27.3. The molecule has 1 aromatic rings. The van der Waals surface area contributed by atoms with Crippen LogP contribution in [0, 0.1) is 0 Å². The third-order valence-corrected chi connectivity index (χ3v) is 6.21. The Labute approximate surface area is 125 Å². The van der Waals surface area contributed by atoms with Crippen LogP contribution in [-0.4, -0.2) is 32.5 Å². The van der Waals surface area contributed by atoms with Crippen LogP contribution in [0.4, 0.5) is 5.69 Å². The third-order valence-electron chi connectivity index (χ3n) is 3.57. The predicted octanol–water partition coefficient (Wildman–Crippen LogP) is 2.46. The van der Waals surface area contributed by atoms with Gasteiger partial charge in [0.2, 0.25) is 10.0 Å². The molecule has 0 spiro atoms. The van der Waals surface area contributed by atoms with Crippen molar-refractivity contribution in [3.05, 3.63) is 23.8 Å². The van der Waals surface area contributed by atoms with Crippen molar-refractivity contribution in [1.82, 2.24) is 4.72 Å². The second-order valence-corrected chi connectivity index (χ2v) is 8.92. The van der Waals surface area contributed by atoms with E-state index in [0.717, 1.165) is 30.6 Å². The summed E-state index contributed by atoms with van der Waals surface area (Å²) in [7, 11) is -3.43. The molecule has 0 saturated heterocycles. The number of thioether (sulfide) groups is 1. The lowest BCUT2D eigenvalue weighted by Crippen LogP contribution is -2.36. The second-order valence-electron chi connectivity index (χ2n) is 5.64. The molecular formula is C14H22N2O2S2. The molecule has 2 N–H and O–H groups in total. The predicted molar refractivity (Wildman–Crippen MR) is 86.0 cm³/mol. The normalized spacial score (nSPS) is 15.6. The quantitative estimate of drug-likeness (QED) is 0.876. The first-order valence-electron chi connectivity index (χ1n) is 6.76. The Bertz CT molecular complexity index is 583. The lowest BCUT2D eigenvalue weighted by molar-refractivity contribution is 0.570. The van der Waals surface area contributed by atoms with Crippen LogP contribution < -0.4 is 10.0 Å². The Kier molecular flexibility index (Phi) is 4.66. The van der Waals surface area contributed by atoms with Gasteiger partial charge in [0.1, 0.15) is 0 Å². The van der Waals surface area contributed by atoms with Gasteiger partial charge in [0, 0.05) is 23.5 Å². The lowest BCUT2D eigenvalue weighted by Gasteiger charge is -2.23. The van der Waals surface area contributed by atoms with E-state index in [0.29, 0.717) is 11.4 Å². The summed E-state index contributed by atoms with van der Waals surface area (Å²) in [6, 6.07) is 5.32. The van der Waals surface area contributed by atoms with E-state index in [1.807, 2.05) is 26.2 Å². The van der Waals surface area contributed by atoms with Crippen LogP contribution in [0.1, 0.15) is 25.8 Å². The molecule has 0 atom stereocenters. The van der Waals surface area contributed by atoms with Crippen molar-refractivity contribution < 1.29 is 8.42 Å². The maximum atomic E-state index is 12.3. The number of rotatable bonds is 5. The Morgan fingerprint density at radius 1 is 1.40 bits per heavy atom. The molecule has 4 nitrogen and oxygen atoms in total. The minimum absolute atomic E-state index is 0.108. The van der Waals surface area contributed by atoms with Gasteiger partial charge in [0.25, 0.3) is 0 Å². The van der Waals surface area contributed by atoms with Gasteiger partial charge < -0.3 is 5.32 Å². The largest absolute Gasteiger partial charge is 0.385 e. The summed E-state index contributed by atoms with van der Waals surface area (Å²) in [5.41, 5.74) is 2.14. The van der Waals surface area contributed by atoms with Gasteiger partial charge in [-0.2, -0.15) is 11.8 Å². The van der Waals surface area contributed by atoms with Gasteiger partial charge in [0.15, 0.2) is 0 Å². The first kappa shape index (κ1) is 15.7. The molecule has 112 valence electrons. The lowest BCUT2D eigenvalue weighted by atomic mass is 10.0. The minimum Gasteiger partial charge on any atom is -0.385 e. The maximum Gasteiger partial charge on any atom is 0.240 e. The number of hydrogen-bond donors (Lipinski definition) is 2. The Hall–Kier alpha value is -0.720. The van der Waals surface area contributed by atoms with Gasteiger partial charge in [-0.3, -0.25) is 0 Å². The molecule has 6 heteroatoms. The van der Waals surface area contributed by atoms with E-state index in [1.54, 1.807) is 23.9 Å². The molecule has 2 rings (SSSR count). The van der Waals surface area contributed by atoms with E-state index in [4.69, 9.17) is 0 Å². The zero-order chi connectivity index (χ0) is 14.8. The van der Waals surface area contributed by atoms with Crippen molar-refractivity contribution in [1.29, 1.82) is 0 Å². The molecule has 0 bridgehead atoms. The average molecular weight is 314 g/mol. The van der Waals surface area contributed by atoms with Crippen LogP contribution in [0.5, 0.6) is 0 Å². The summed E-state index contributed by atoms with van der Waals surface area (Å²) in [5, 5.41) is 3.29. The number of benzene rings is 1. The molecule has 1 aliphatic heterocycles. The smallest absolute Gasteiger partial charge is 0.240 e. The Morgan fingerprint density at radius 2 is 2.15 bits per heavy atom. The molecule has 0 unspecified atom stereocenters. The van der Waals surface area contributed by atoms with E-state index in [1.165, 1.54) is 0 Å². The van der Waals surface area contributed by atoms with Gasteiger partial charge >= 0.3 is 0 Å². The van der Waals surface area contributed by atoms with E-state index in [2.05, 4.69) is 10.0 Å². The summed E-state index contributed by atoms with van der Waals surface area (Å²) in [5.74, 6) is 0. The number of aryl methyl sites for hydroxylation is 1. The van der Waals surface area contributed by atoms with Crippen LogP contribution in [0.25, 0.3) is 0 Å². The van der Waals surface area contributed by atoms with Crippen LogP contribution in [-0.2, 0) is 16.4 Å². The Morgan fingerprint density at radius 3 is 2.85 bits per heavy atom. The summed E-state index contributed by atoms with van der Waals surface area (Å²) in [6.07, 6.45) is 3.96. The molecule has 0 amide bonds. The van der Waals surface area contributed by atoms with Crippen LogP contribution >= 0.6 is 11.8 Å². The van der Waals surface area contributed by atoms with Crippen molar-refractivity contribution in [2.24, 2.45) is 0 Å². The van der Waals surface area contributed by atoms with Crippen molar-refractivity contribution in [2.75, 3.05) is 24.7 Å². The number of sulfonamides is 1. The highest BCUT2D eigenvalue weighted by Gasteiger charge is 2.22. The molecule has 0 saturated carbocycles. The maximum absolute atomic E-state index is 12.3. The standard InChI is InChI=1S/C14H22N2O2S2/c1-14(2,19-3)10-16-20(17,18)12-6-7-13-11(9-12)5-4-8-15-13/h6-7,9,15-16H,4-5,8,10H2,1-3H3. The fraction of sp³-hybridized carbons (Fsp3) is 0.571. The molecule has 20 heavy (non-hydrogen) atoms. The van der Waals surface area contributed by atoms with Gasteiger partial charge in [-0.15, -0.1) is 0 Å². The highest BCUT2D eigenvalue weighted by Crippen LogP contribution is 2.25. The van der Waals surface area contributed by atoms with Crippen LogP contribution in [0.15, 0.2) is 23.1 Å². The molecule has 1 aromatic carbocycles. The van der Waals surface area contributed by atoms with E-state index < -0.39 is 10.0 Å². The van der Waals surface area contributed by atoms with Gasteiger partial charge in [0.05, 0.1) is 4.90 Å². The molecule has 0 fully saturated rings. The first-order valence-corrected chi connectivity index (χ1v) is 9.46. The van der Waals surface area contributed by atoms with Crippen molar-refractivity contribution in [2.45, 2.75) is 36.3 Å². The zero-order valence-electron chi connectivity index (χ0n) is 12.2. The first-order chi connectivity index (χ1) is 9.34.